The summed E-state index contributed by atoms with van der Waals surface area (Å²) in [6.07, 6.45) is 1.19. The summed E-state index contributed by atoms with van der Waals surface area (Å²) in [4.78, 5) is 13.2. The molecule has 78 valence electrons. The van der Waals surface area contributed by atoms with Crippen LogP contribution in [0.4, 0.5) is 5.82 Å². The molecule has 1 aromatic rings. The maximum Gasteiger partial charge on any atom is 0.383 e. The van der Waals surface area contributed by atoms with Gasteiger partial charge in [-0.1, -0.05) is 0 Å². The number of hydrogen-bond acceptors (Lipinski definition) is 4. The number of rotatable bonds is 3. The SMILES string of the molecule is CC(C)(O)Cn1cc([N+](=O)[O-])nc1Cl. The Hall–Kier alpha value is -1.14. The molecule has 14 heavy (non-hydrogen) atoms. The molecule has 1 aromatic heterocycles. The molecule has 1 heterocycles. The molecule has 0 spiro atoms. The fourth-order valence-electron chi connectivity index (χ4n) is 0.996. The van der Waals surface area contributed by atoms with Crippen molar-refractivity contribution in [3.05, 3.63) is 21.6 Å². The quantitative estimate of drug-likeness (QED) is 0.612. The van der Waals surface area contributed by atoms with Crippen molar-refractivity contribution in [3.63, 3.8) is 0 Å². The Labute approximate surface area is 85.3 Å². The number of halogens is 1. The lowest BCUT2D eigenvalue weighted by atomic mass is 10.1. The van der Waals surface area contributed by atoms with Crippen molar-refractivity contribution >= 4 is 17.4 Å². The van der Waals surface area contributed by atoms with Gasteiger partial charge in [0, 0.05) is 0 Å². The van der Waals surface area contributed by atoms with Gasteiger partial charge in [-0.05, 0) is 35.4 Å². The van der Waals surface area contributed by atoms with Gasteiger partial charge in [-0.15, -0.1) is 0 Å². The van der Waals surface area contributed by atoms with Crippen LogP contribution >= 0.6 is 11.6 Å². The molecule has 0 fully saturated rings. The smallest absolute Gasteiger partial charge is 0.383 e. The number of hydrogen-bond donors (Lipinski definition) is 1. The van der Waals surface area contributed by atoms with Crippen molar-refractivity contribution in [1.29, 1.82) is 0 Å². The number of aromatic nitrogens is 2. The molecule has 0 unspecified atom stereocenters. The van der Waals surface area contributed by atoms with Crippen molar-refractivity contribution in [2.75, 3.05) is 0 Å². The van der Waals surface area contributed by atoms with Gasteiger partial charge < -0.3 is 15.2 Å². The van der Waals surface area contributed by atoms with Gasteiger partial charge in [-0.25, -0.2) is 0 Å². The van der Waals surface area contributed by atoms with E-state index >= 15 is 0 Å². The lowest BCUT2D eigenvalue weighted by Gasteiger charge is -2.16. The zero-order valence-corrected chi connectivity index (χ0v) is 8.52. The maximum absolute atomic E-state index is 10.3. The molecule has 0 bridgehead atoms. The monoisotopic (exact) mass is 219 g/mol. The maximum atomic E-state index is 10.3. The molecule has 0 atom stereocenters. The van der Waals surface area contributed by atoms with Crippen LogP contribution in [0.3, 0.4) is 0 Å². The van der Waals surface area contributed by atoms with E-state index in [1.54, 1.807) is 13.8 Å². The zero-order valence-electron chi connectivity index (χ0n) is 7.77. The summed E-state index contributed by atoms with van der Waals surface area (Å²) < 4.78 is 1.33. The summed E-state index contributed by atoms with van der Waals surface area (Å²) >= 11 is 5.63. The average molecular weight is 220 g/mol. The largest absolute Gasteiger partial charge is 0.389 e. The van der Waals surface area contributed by atoms with E-state index in [4.69, 9.17) is 11.6 Å². The third-order valence-electron chi connectivity index (χ3n) is 1.46. The van der Waals surface area contributed by atoms with E-state index in [0.29, 0.717) is 0 Å². The molecular formula is C7H10ClN3O3. The minimum absolute atomic E-state index is 0.00109. The second-order valence-corrected chi connectivity index (χ2v) is 3.90. The summed E-state index contributed by atoms with van der Waals surface area (Å²) in [5.74, 6) is -0.320. The van der Waals surface area contributed by atoms with Gasteiger partial charge in [0.25, 0.3) is 0 Å². The standard InChI is InChI=1S/C7H10ClN3O3/c1-7(2,12)4-10-3-5(11(13)14)9-6(10)8/h3,12H,4H2,1-2H3. The number of nitro groups is 1. The van der Waals surface area contributed by atoms with Gasteiger partial charge >= 0.3 is 11.1 Å². The number of imidazole rings is 1. The lowest BCUT2D eigenvalue weighted by Crippen LogP contribution is -2.25. The normalized spacial score (nSPS) is 11.7. The molecule has 0 aromatic carbocycles. The molecule has 6 nitrogen and oxygen atoms in total. The van der Waals surface area contributed by atoms with Gasteiger partial charge in [-0.2, -0.15) is 0 Å². The first kappa shape index (κ1) is 10.9. The minimum Gasteiger partial charge on any atom is -0.389 e. The third kappa shape index (κ3) is 2.68. The molecule has 0 saturated carbocycles. The van der Waals surface area contributed by atoms with E-state index in [9.17, 15) is 15.2 Å². The topological polar surface area (TPSA) is 81.2 Å². The van der Waals surface area contributed by atoms with E-state index in [2.05, 4.69) is 4.98 Å². The highest BCUT2D eigenvalue weighted by molar-refractivity contribution is 6.28. The van der Waals surface area contributed by atoms with E-state index in [-0.39, 0.29) is 17.6 Å². The first-order valence-corrected chi connectivity index (χ1v) is 4.27. The van der Waals surface area contributed by atoms with Crippen molar-refractivity contribution in [2.45, 2.75) is 26.0 Å². The first-order chi connectivity index (χ1) is 6.29. The molecule has 1 rings (SSSR count). The highest BCUT2D eigenvalue weighted by Crippen LogP contribution is 2.18. The highest BCUT2D eigenvalue weighted by atomic mass is 35.5. The van der Waals surface area contributed by atoms with Crippen LogP contribution in [0.15, 0.2) is 6.20 Å². The van der Waals surface area contributed by atoms with E-state index in [0.717, 1.165) is 0 Å². The van der Waals surface area contributed by atoms with E-state index < -0.39 is 10.5 Å². The van der Waals surface area contributed by atoms with Crippen molar-refractivity contribution in [3.8, 4) is 0 Å². The molecular weight excluding hydrogens is 210 g/mol. The Morgan fingerprint density at radius 3 is 2.71 bits per heavy atom. The molecule has 0 aliphatic rings. The Morgan fingerprint density at radius 2 is 2.36 bits per heavy atom. The van der Waals surface area contributed by atoms with Gasteiger partial charge in [0.05, 0.1) is 12.1 Å². The van der Waals surface area contributed by atoms with Crippen molar-refractivity contribution in [1.82, 2.24) is 9.55 Å². The fourth-order valence-corrected chi connectivity index (χ4v) is 1.19. The van der Waals surface area contributed by atoms with Gasteiger partial charge in [-0.3, -0.25) is 4.57 Å². The molecule has 1 N–H and O–H groups in total. The lowest BCUT2D eigenvalue weighted by molar-refractivity contribution is -0.389. The van der Waals surface area contributed by atoms with Crippen LogP contribution < -0.4 is 0 Å². The average Bonchev–Trinajstić information content (AvgIpc) is 2.29. The van der Waals surface area contributed by atoms with E-state index in [1.165, 1.54) is 10.8 Å². The summed E-state index contributed by atoms with van der Waals surface area (Å²) in [5.41, 5.74) is -0.988. The Morgan fingerprint density at radius 1 is 1.79 bits per heavy atom. The number of nitrogens with zero attached hydrogens (tertiary/aromatic N) is 3. The molecule has 0 saturated heterocycles. The van der Waals surface area contributed by atoms with Crippen LogP contribution in [-0.4, -0.2) is 25.2 Å². The minimum atomic E-state index is -0.988. The summed E-state index contributed by atoms with van der Waals surface area (Å²) in [6, 6.07) is 0. The summed E-state index contributed by atoms with van der Waals surface area (Å²) in [5, 5.41) is 19.8. The van der Waals surface area contributed by atoms with Crippen LogP contribution in [0.25, 0.3) is 0 Å². The predicted molar refractivity (Wildman–Crippen MR) is 50.2 cm³/mol. The second kappa shape index (κ2) is 3.55. The Kier molecular flexibility index (Phi) is 2.77. The first-order valence-electron chi connectivity index (χ1n) is 3.89. The fraction of sp³-hybridized carbons (Fsp3) is 0.571. The van der Waals surface area contributed by atoms with Gasteiger partial charge in [0.15, 0.2) is 0 Å². The second-order valence-electron chi connectivity index (χ2n) is 3.57. The molecule has 0 radical (unpaired) electrons. The van der Waals surface area contributed by atoms with Gasteiger partial charge in [0.1, 0.15) is 6.20 Å². The predicted octanol–water partition coefficient (Wildman–Crippen LogP) is 1.22. The van der Waals surface area contributed by atoms with Crippen LogP contribution in [0.2, 0.25) is 5.28 Å². The van der Waals surface area contributed by atoms with Crippen LogP contribution in [-0.2, 0) is 6.54 Å². The molecule has 0 amide bonds. The summed E-state index contributed by atoms with van der Waals surface area (Å²) in [7, 11) is 0. The number of aliphatic hydroxyl groups is 1. The van der Waals surface area contributed by atoms with E-state index in [1.807, 2.05) is 0 Å². The Balaban J connectivity index is 2.94. The molecule has 0 aliphatic carbocycles. The van der Waals surface area contributed by atoms with Crippen LogP contribution in [0.1, 0.15) is 13.8 Å². The third-order valence-corrected chi connectivity index (χ3v) is 1.76. The molecule has 0 aliphatic heterocycles. The highest BCUT2D eigenvalue weighted by Gasteiger charge is 2.21. The Bertz CT molecular complexity index is 356. The van der Waals surface area contributed by atoms with Crippen LogP contribution in [0, 0.1) is 10.1 Å². The molecule has 7 heteroatoms. The van der Waals surface area contributed by atoms with Gasteiger partial charge in [0.2, 0.25) is 0 Å². The van der Waals surface area contributed by atoms with Crippen molar-refractivity contribution < 1.29 is 10.0 Å². The van der Waals surface area contributed by atoms with Crippen molar-refractivity contribution in [2.24, 2.45) is 0 Å². The van der Waals surface area contributed by atoms with Crippen LogP contribution in [0.5, 0.6) is 0 Å². The summed E-state index contributed by atoms with van der Waals surface area (Å²) in [6.45, 7) is 3.32. The zero-order chi connectivity index (χ0) is 10.9.